The molecule has 3 aromatic heterocycles. The summed E-state index contributed by atoms with van der Waals surface area (Å²) in [5.41, 5.74) is 2.86. The van der Waals surface area contributed by atoms with E-state index in [9.17, 15) is 0 Å². The number of hydrogen-bond donors (Lipinski definition) is 2. The zero-order valence-electron chi connectivity index (χ0n) is 17.8. The van der Waals surface area contributed by atoms with Gasteiger partial charge in [0.15, 0.2) is 17.3 Å². The summed E-state index contributed by atoms with van der Waals surface area (Å²) in [5, 5.41) is 32.2. The Labute approximate surface area is 194 Å². The molecule has 2 N–H and O–H groups in total. The maximum atomic E-state index is 8.88. The zero-order valence-corrected chi connectivity index (χ0v) is 18.5. The lowest BCUT2D eigenvalue weighted by atomic mass is 10.1. The van der Waals surface area contributed by atoms with Crippen molar-refractivity contribution in [3.8, 4) is 6.07 Å². The first-order chi connectivity index (χ1) is 16.1. The molecule has 0 aliphatic carbocycles. The number of nitrogens with zero attached hydrogens (tertiary/aromatic N) is 9. The monoisotopic (exact) mass is 461 g/mol. The van der Waals surface area contributed by atoms with Crippen molar-refractivity contribution in [2.75, 3.05) is 28.6 Å². The van der Waals surface area contributed by atoms with E-state index in [1.165, 1.54) is 0 Å². The van der Waals surface area contributed by atoms with Crippen molar-refractivity contribution in [1.82, 2.24) is 35.2 Å². The van der Waals surface area contributed by atoms with Gasteiger partial charge in [0.05, 0.1) is 11.7 Å². The topological polar surface area (TPSA) is 133 Å². The fraction of sp³-hybridized carbons (Fsp3) is 0.286. The Morgan fingerprint density at radius 1 is 1.12 bits per heavy atom. The molecule has 5 rings (SSSR count). The van der Waals surface area contributed by atoms with Crippen molar-refractivity contribution in [3.05, 3.63) is 47.2 Å². The Balaban J connectivity index is 1.23. The molecule has 11 nitrogen and oxygen atoms in total. The predicted molar refractivity (Wildman–Crippen MR) is 124 cm³/mol. The molecule has 1 saturated heterocycles. The molecule has 0 radical (unpaired) electrons. The first-order valence-corrected chi connectivity index (χ1v) is 10.8. The molecule has 0 bridgehead atoms. The molecule has 1 fully saturated rings. The molecule has 1 aliphatic rings. The zero-order chi connectivity index (χ0) is 22.8. The lowest BCUT2D eigenvalue weighted by molar-refractivity contribution is 0.521. The van der Waals surface area contributed by atoms with Crippen LogP contribution in [0.15, 0.2) is 36.5 Å². The summed E-state index contributed by atoms with van der Waals surface area (Å²) < 4.78 is 1.72. The van der Waals surface area contributed by atoms with Gasteiger partial charge in [0.1, 0.15) is 16.6 Å². The molecule has 166 valence electrons. The molecule has 12 heteroatoms. The molecule has 33 heavy (non-hydrogen) atoms. The molecule has 0 saturated carbocycles. The van der Waals surface area contributed by atoms with Crippen LogP contribution in [0.2, 0.25) is 5.02 Å². The second-order valence-corrected chi connectivity index (χ2v) is 8.13. The average molecular weight is 462 g/mol. The number of fused-ring (bicyclic) bond motifs is 1. The van der Waals surface area contributed by atoms with Crippen LogP contribution in [-0.2, 0) is 7.05 Å². The molecule has 4 aromatic rings. The Kier molecular flexibility index (Phi) is 5.58. The maximum Gasteiger partial charge on any atom is 0.229 e. The van der Waals surface area contributed by atoms with E-state index in [1.807, 2.05) is 37.4 Å². The van der Waals surface area contributed by atoms with Crippen LogP contribution in [0.1, 0.15) is 18.5 Å². The van der Waals surface area contributed by atoms with E-state index in [-0.39, 0.29) is 6.04 Å². The number of nitriles is 1. The van der Waals surface area contributed by atoms with Crippen molar-refractivity contribution in [1.29, 1.82) is 5.26 Å². The number of aromatic nitrogens is 7. The molecule has 0 atom stereocenters. The van der Waals surface area contributed by atoms with Crippen LogP contribution in [0.5, 0.6) is 0 Å². The largest absolute Gasteiger partial charge is 0.366 e. The van der Waals surface area contributed by atoms with E-state index >= 15 is 0 Å². The number of anilines is 4. The van der Waals surface area contributed by atoms with Crippen LogP contribution in [-0.4, -0.2) is 54.3 Å². The third-order valence-corrected chi connectivity index (χ3v) is 5.81. The van der Waals surface area contributed by atoms with E-state index in [4.69, 9.17) is 16.9 Å². The highest BCUT2D eigenvalue weighted by atomic mass is 35.5. The molecule has 1 aromatic carbocycles. The van der Waals surface area contributed by atoms with Crippen molar-refractivity contribution < 1.29 is 0 Å². The van der Waals surface area contributed by atoms with Gasteiger partial charge in [-0.3, -0.25) is 0 Å². The summed E-state index contributed by atoms with van der Waals surface area (Å²) in [6, 6.07) is 11.5. The fourth-order valence-electron chi connectivity index (χ4n) is 3.78. The highest BCUT2D eigenvalue weighted by Gasteiger charge is 2.22. The van der Waals surface area contributed by atoms with Crippen molar-refractivity contribution in [2.24, 2.45) is 7.05 Å². The van der Waals surface area contributed by atoms with Gasteiger partial charge in [-0.2, -0.15) is 10.2 Å². The highest BCUT2D eigenvalue weighted by molar-refractivity contribution is 6.32. The lowest BCUT2D eigenvalue weighted by Gasteiger charge is -2.33. The van der Waals surface area contributed by atoms with Crippen molar-refractivity contribution in [2.45, 2.75) is 18.9 Å². The molecular formula is C21H20ClN11. The predicted octanol–water partition coefficient (Wildman–Crippen LogP) is 2.90. The smallest absolute Gasteiger partial charge is 0.229 e. The minimum atomic E-state index is 0.212. The minimum absolute atomic E-state index is 0.212. The quantitative estimate of drug-likeness (QED) is 0.456. The molecule has 0 spiro atoms. The molecule has 0 unspecified atom stereocenters. The normalized spacial score (nSPS) is 14.3. The van der Waals surface area contributed by atoms with E-state index < -0.39 is 0 Å². The van der Waals surface area contributed by atoms with Gasteiger partial charge in [-0.25, -0.2) is 9.67 Å². The van der Waals surface area contributed by atoms with Crippen LogP contribution in [0.25, 0.3) is 11.0 Å². The third-order valence-electron chi connectivity index (χ3n) is 5.54. The van der Waals surface area contributed by atoms with Crippen molar-refractivity contribution in [3.63, 3.8) is 0 Å². The van der Waals surface area contributed by atoms with Gasteiger partial charge in [-0.1, -0.05) is 16.8 Å². The Morgan fingerprint density at radius 2 is 1.97 bits per heavy atom. The van der Waals surface area contributed by atoms with E-state index in [2.05, 4.69) is 46.0 Å². The van der Waals surface area contributed by atoms with E-state index in [1.54, 1.807) is 16.9 Å². The molecule has 0 amide bonds. The summed E-state index contributed by atoms with van der Waals surface area (Å²) >= 11 is 6.36. The van der Waals surface area contributed by atoms with Crippen LogP contribution < -0.4 is 15.5 Å². The average Bonchev–Trinajstić information content (AvgIpc) is 3.22. The minimum Gasteiger partial charge on any atom is -0.366 e. The van der Waals surface area contributed by atoms with Gasteiger partial charge in [-0.15, -0.1) is 15.3 Å². The van der Waals surface area contributed by atoms with E-state index in [0.717, 1.165) is 48.5 Å². The summed E-state index contributed by atoms with van der Waals surface area (Å²) in [6.45, 7) is 1.62. The maximum absolute atomic E-state index is 8.88. The fourth-order valence-corrected chi connectivity index (χ4v) is 3.92. The number of halogens is 1. The molecular weight excluding hydrogens is 442 g/mol. The van der Waals surface area contributed by atoms with Crippen LogP contribution >= 0.6 is 11.6 Å². The number of piperidine rings is 1. The van der Waals surface area contributed by atoms with Crippen LogP contribution in [0.3, 0.4) is 0 Å². The SMILES string of the molecule is Cn1nnc2cc(Nc3ncc(Cl)c(NC4CCN(c5ccc(C#N)nn5)CC4)n3)ccc21. The van der Waals surface area contributed by atoms with Gasteiger partial charge >= 0.3 is 0 Å². The summed E-state index contributed by atoms with van der Waals surface area (Å²) in [5.74, 6) is 1.81. The number of hydrogen-bond acceptors (Lipinski definition) is 10. The third kappa shape index (κ3) is 4.47. The van der Waals surface area contributed by atoms with Crippen LogP contribution in [0.4, 0.5) is 23.3 Å². The van der Waals surface area contributed by atoms with Gasteiger partial charge in [0.2, 0.25) is 5.95 Å². The van der Waals surface area contributed by atoms with Gasteiger partial charge < -0.3 is 15.5 Å². The van der Waals surface area contributed by atoms with Gasteiger partial charge in [0.25, 0.3) is 0 Å². The van der Waals surface area contributed by atoms with Crippen molar-refractivity contribution >= 4 is 45.9 Å². The Morgan fingerprint density at radius 3 is 2.73 bits per heavy atom. The summed E-state index contributed by atoms with van der Waals surface area (Å²) in [7, 11) is 1.85. The lowest BCUT2D eigenvalue weighted by Crippen LogP contribution is -2.39. The molecule has 1 aliphatic heterocycles. The number of rotatable bonds is 5. The first-order valence-electron chi connectivity index (χ1n) is 10.4. The van der Waals surface area contributed by atoms with Crippen LogP contribution in [0, 0.1) is 11.3 Å². The van der Waals surface area contributed by atoms with Gasteiger partial charge in [0, 0.05) is 31.9 Å². The first kappa shape index (κ1) is 20.8. The van der Waals surface area contributed by atoms with E-state index in [0.29, 0.717) is 22.5 Å². The second-order valence-electron chi connectivity index (χ2n) is 7.73. The molecule has 4 heterocycles. The highest BCUT2D eigenvalue weighted by Crippen LogP contribution is 2.26. The number of nitrogens with one attached hydrogen (secondary N) is 2. The second kappa shape index (κ2) is 8.84. The summed E-state index contributed by atoms with van der Waals surface area (Å²) in [4.78, 5) is 11.0. The summed E-state index contributed by atoms with van der Waals surface area (Å²) in [6.07, 6.45) is 3.35. The number of benzene rings is 1. The number of aryl methyl sites for hydroxylation is 1. The Bertz CT molecular complexity index is 1320. The van der Waals surface area contributed by atoms with Gasteiger partial charge in [-0.05, 0) is 43.2 Å². The Hall–Kier alpha value is -4.04. The standard InChI is InChI=1S/C21H20ClN11/c1-32-18-4-2-14(10-17(18)29-31-32)26-21-24-12-16(22)20(27-21)25-13-6-8-33(9-7-13)19-5-3-15(11-23)28-30-19/h2-5,10,12-13H,6-9H2,1H3,(H2,24,25,26,27).